The Balaban J connectivity index is 4.37. The van der Waals surface area contributed by atoms with Crippen LogP contribution in [0.1, 0.15) is 168 Å². The van der Waals surface area contributed by atoms with E-state index < -0.39 is 18.1 Å². The lowest BCUT2D eigenvalue weighted by Crippen LogP contribution is -2.55. The third kappa shape index (κ3) is 36.4. The Morgan fingerprint density at radius 2 is 0.982 bits per heavy atom. The van der Waals surface area contributed by atoms with E-state index in [9.17, 15) is 19.5 Å². The average molecular weight is 772 g/mol. The Hall–Kier alpha value is -2.97. The van der Waals surface area contributed by atoms with Crippen molar-refractivity contribution in [3.05, 3.63) is 60.8 Å². The van der Waals surface area contributed by atoms with Gasteiger partial charge in [0.15, 0.2) is 6.10 Å². The van der Waals surface area contributed by atoms with E-state index in [-0.39, 0.29) is 42.7 Å². The minimum Gasteiger partial charge on any atom is -0.544 e. The molecule has 2 unspecified atom stereocenters. The summed E-state index contributed by atoms with van der Waals surface area (Å²) in [6, 6.07) is -0.732. The number of esters is 2. The molecule has 8 nitrogen and oxygen atoms in total. The molecule has 8 heteroatoms. The lowest BCUT2D eigenvalue weighted by molar-refractivity contribution is -0.889. The van der Waals surface area contributed by atoms with Crippen molar-refractivity contribution in [2.75, 3.05) is 41.0 Å². The second-order valence-corrected chi connectivity index (χ2v) is 15.6. The van der Waals surface area contributed by atoms with Gasteiger partial charge in [-0.3, -0.25) is 9.59 Å². The minimum absolute atomic E-state index is 0.0270. The van der Waals surface area contributed by atoms with Gasteiger partial charge >= 0.3 is 11.9 Å². The quantitative estimate of drug-likeness (QED) is 0.0266. The number of carbonyl (C=O) groups excluding carboxylic acids is 3. The van der Waals surface area contributed by atoms with Crippen molar-refractivity contribution < 1.29 is 38.2 Å². The molecule has 0 aliphatic carbocycles. The summed E-state index contributed by atoms with van der Waals surface area (Å²) in [5.41, 5.74) is 0. The summed E-state index contributed by atoms with van der Waals surface area (Å²) in [5.74, 6) is -1.78. The standard InChI is InChI=1S/C47H81NO7/c1-6-8-10-12-14-16-18-19-20-21-22-23-24-25-26-27-28-30-32-34-36-38-46(50)55-43(41-53-40-39-44(47(51)52)48(3,4)5)42-54-45(49)37-35-33-31-29-17-15-13-11-9-7-2/h13-16,19-20,22-23,25-26,43-44H,6-12,17-18,21,24,27-42H2,1-5H3/b15-13+,16-14+,20-19+,23-22+,26-25+. The van der Waals surface area contributed by atoms with Crippen LogP contribution in [0.4, 0.5) is 0 Å². The van der Waals surface area contributed by atoms with E-state index in [1.807, 2.05) is 0 Å². The van der Waals surface area contributed by atoms with Gasteiger partial charge in [-0.15, -0.1) is 0 Å². The lowest BCUT2D eigenvalue weighted by Gasteiger charge is -2.34. The molecular formula is C47H81NO7. The summed E-state index contributed by atoms with van der Waals surface area (Å²) in [6.07, 6.45) is 45.3. The summed E-state index contributed by atoms with van der Waals surface area (Å²) >= 11 is 0. The fourth-order valence-corrected chi connectivity index (χ4v) is 5.92. The third-order valence-electron chi connectivity index (χ3n) is 9.38. The molecule has 0 fully saturated rings. The molecule has 0 aliphatic heterocycles. The monoisotopic (exact) mass is 772 g/mol. The van der Waals surface area contributed by atoms with Gasteiger partial charge in [-0.2, -0.15) is 0 Å². The van der Waals surface area contributed by atoms with Crippen LogP contribution in [-0.4, -0.2) is 75.5 Å². The fraction of sp³-hybridized carbons (Fsp3) is 0.723. The molecule has 0 spiro atoms. The van der Waals surface area contributed by atoms with E-state index in [0.717, 1.165) is 96.3 Å². The van der Waals surface area contributed by atoms with Gasteiger partial charge in [-0.05, 0) is 77.0 Å². The number of nitrogens with zero attached hydrogens (tertiary/aromatic N) is 1. The normalized spacial score (nSPS) is 13.5. The SMILES string of the molecule is CCCC/C=C/CCCCCCC(=O)OCC(COCCC(C(=O)[O-])[N+](C)(C)C)OC(=O)CCCCCCC/C=C/C/C=C/C/C=C/C/C=C/CCCCC. The van der Waals surface area contributed by atoms with Crippen molar-refractivity contribution in [1.82, 2.24) is 0 Å². The van der Waals surface area contributed by atoms with Crippen molar-refractivity contribution in [2.24, 2.45) is 0 Å². The highest BCUT2D eigenvalue weighted by Gasteiger charge is 2.25. The molecule has 0 heterocycles. The first kappa shape index (κ1) is 52.0. The molecule has 316 valence electrons. The zero-order chi connectivity index (χ0) is 40.7. The first-order chi connectivity index (χ1) is 26.6. The molecule has 0 aromatic heterocycles. The van der Waals surface area contributed by atoms with E-state index >= 15 is 0 Å². The van der Waals surface area contributed by atoms with Crippen LogP contribution in [0, 0.1) is 0 Å². The summed E-state index contributed by atoms with van der Waals surface area (Å²) < 4.78 is 17.1. The van der Waals surface area contributed by atoms with Gasteiger partial charge in [-0.1, -0.05) is 132 Å². The third-order valence-corrected chi connectivity index (χ3v) is 9.38. The summed E-state index contributed by atoms with van der Waals surface area (Å²) in [4.78, 5) is 36.7. The predicted octanol–water partition coefficient (Wildman–Crippen LogP) is 10.5. The smallest absolute Gasteiger partial charge is 0.306 e. The highest BCUT2D eigenvalue weighted by Crippen LogP contribution is 2.12. The first-order valence-electron chi connectivity index (χ1n) is 21.8. The van der Waals surface area contributed by atoms with Gasteiger partial charge in [0.2, 0.25) is 0 Å². The molecule has 0 aromatic carbocycles. The molecule has 0 saturated carbocycles. The first-order valence-corrected chi connectivity index (χ1v) is 21.8. The second-order valence-electron chi connectivity index (χ2n) is 15.6. The Bertz CT molecular complexity index is 1090. The van der Waals surface area contributed by atoms with E-state index in [1.165, 1.54) is 38.5 Å². The number of rotatable bonds is 38. The van der Waals surface area contributed by atoms with Gasteiger partial charge in [-0.25, -0.2) is 0 Å². The van der Waals surface area contributed by atoms with E-state index in [1.54, 1.807) is 21.1 Å². The number of ether oxygens (including phenoxy) is 3. The van der Waals surface area contributed by atoms with Gasteiger partial charge in [0.1, 0.15) is 12.6 Å². The number of carboxylic acid groups (broad SMARTS) is 1. The Morgan fingerprint density at radius 1 is 0.545 bits per heavy atom. The van der Waals surface area contributed by atoms with E-state index in [4.69, 9.17) is 14.2 Å². The zero-order valence-corrected chi connectivity index (χ0v) is 35.8. The van der Waals surface area contributed by atoms with Crippen LogP contribution >= 0.6 is 0 Å². The van der Waals surface area contributed by atoms with Gasteiger partial charge < -0.3 is 28.6 Å². The predicted molar refractivity (Wildman–Crippen MR) is 226 cm³/mol. The number of carboxylic acids is 1. The largest absolute Gasteiger partial charge is 0.544 e. The van der Waals surface area contributed by atoms with Crippen LogP contribution in [0.5, 0.6) is 0 Å². The number of quaternary nitrogens is 1. The summed E-state index contributed by atoms with van der Waals surface area (Å²) in [5, 5.41) is 11.6. The maximum Gasteiger partial charge on any atom is 0.306 e. The van der Waals surface area contributed by atoms with Crippen molar-refractivity contribution >= 4 is 17.9 Å². The summed E-state index contributed by atoms with van der Waals surface area (Å²) in [6.45, 7) is 4.54. The van der Waals surface area contributed by atoms with Crippen LogP contribution in [0.15, 0.2) is 60.8 Å². The average Bonchev–Trinajstić information content (AvgIpc) is 3.14. The van der Waals surface area contributed by atoms with E-state index in [0.29, 0.717) is 12.8 Å². The lowest BCUT2D eigenvalue weighted by atomic mass is 10.1. The zero-order valence-electron chi connectivity index (χ0n) is 35.8. The molecule has 0 N–H and O–H groups in total. The molecule has 0 bridgehead atoms. The number of hydrogen-bond donors (Lipinski definition) is 0. The fourth-order valence-electron chi connectivity index (χ4n) is 5.92. The molecular weight excluding hydrogens is 691 g/mol. The summed E-state index contributed by atoms with van der Waals surface area (Å²) in [7, 11) is 5.39. The van der Waals surface area contributed by atoms with Gasteiger partial charge in [0.25, 0.3) is 0 Å². The van der Waals surface area contributed by atoms with E-state index in [2.05, 4.69) is 74.6 Å². The Labute approximate surface area is 337 Å². The highest BCUT2D eigenvalue weighted by atomic mass is 16.6. The topological polar surface area (TPSA) is 102 Å². The molecule has 0 radical (unpaired) electrons. The Morgan fingerprint density at radius 3 is 1.49 bits per heavy atom. The number of allylic oxidation sites excluding steroid dienone is 10. The number of likely N-dealkylation sites (N-methyl/N-ethyl adjacent to an activating group) is 1. The molecule has 0 aromatic rings. The van der Waals surface area contributed by atoms with Crippen molar-refractivity contribution in [3.63, 3.8) is 0 Å². The highest BCUT2D eigenvalue weighted by molar-refractivity contribution is 5.70. The van der Waals surface area contributed by atoms with Crippen molar-refractivity contribution in [3.8, 4) is 0 Å². The van der Waals surface area contributed by atoms with Crippen LogP contribution in [-0.2, 0) is 28.6 Å². The number of hydrogen-bond acceptors (Lipinski definition) is 7. The van der Waals surface area contributed by atoms with Crippen molar-refractivity contribution in [1.29, 1.82) is 0 Å². The number of aliphatic carboxylic acids is 1. The van der Waals surface area contributed by atoms with Gasteiger partial charge in [0.05, 0.1) is 40.3 Å². The maximum atomic E-state index is 12.7. The Kier molecular flexibility index (Phi) is 35.9. The second kappa shape index (κ2) is 37.9. The number of carbonyl (C=O) groups is 3. The molecule has 0 aliphatic rings. The number of unbranched alkanes of at least 4 members (excludes halogenated alkanes) is 14. The van der Waals surface area contributed by atoms with Crippen LogP contribution < -0.4 is 5.11 Å². The minimum atomic E-state index is -1.13. The van der Waals surface area contributed by atoms with Crippen LogP contribution in [0.25, 0.3) is 0 Å². The molecule has 0 saturated heterocycles. The molecule has 0 rings (SSSR count). The van der Waals surface area contributed by atoms with Crippen molar-refractivity contribution in [2.45, 2.75) is 180 Å². The van der Waals surface area contributed by atoms with Gasteiger partial charge in [0, 0.05) is 19.3 Å². The molecule has 2 atom stereocenters. The van der Waals surface area contributed by atoms with Crippen LogP contribution in [0.2, 0.25) is 0 Å². The van der Waals surface area contributed by atoms with Crippen LogP contribution in [0.3, 0.4) is 0 Å². The molecule has 0 amide bonds. The molecule has 55 heavy (non-hydrogen) atoms. The maximum absolute atomic E-state index is 12.7.